The van der Waals surface area contributed by atoms with Crippen molar-refractivity contribution in [3.63, 3.8) is 0 Å². The molecular weight excluding hydrogens is 606 g/mol. The van der Waals surface area contributed by atoms with Gasteiger partial charge in [0.2, 0.25) is 11.9 Å². The van der Waals surface area contributed by atoms with Gasteiger partial charge in [-0.2, -0.15) is 4.39 Å². The second kappa shape index (κ2) is 12.0. The molecule has 0 spiro atoms. The van der Waals surface area contributed by atoms with Gasteiger partial charge in [-0.05, 0) is 37.1 Å². The first-order valence-corrected chi connectivity index (χ1v) is 18.1. The number of carbonyl (C=O) groups excluding carboxylic acids is 1. The van der Waals surface area contributed by atoms with Gasteiger partial charge in [0.25, 0.3) is 0 Å². The van der Waals surface area contributed by atoms with E-state index in [9.17, 15) is 19.1 Å². The minimum Gasteiger partial charge on any atom is -0.465 e. The Bertz CT molecular complexity index is 1440. The number of carbonyl (C=O) groups is 2. The average molecular weight is 639 g/mol. The molecule has 2 aromatic heterocycles. The Morgan fingerprint density at radius 3 is 2.55 bits per heavy atom. The number of hydrogen-bond donors (Lipinski definition) is 1. The van der Waals surface area contributed by atoms with E-state index in [1.165, 1.54) is 23.4 Å². The van der Waals surface area contributed by atoms with E-state index in [2.05, 4.69) is 34.6 Å². The van der Waals surface area contributed by atoms with Gasteiger partial charge in [0.05, 0.1) is 17.9 Å². The van der Waals surface area contributed by atoms with Gasteiger partial charge in [-0.3, -0.25) is 9.79 Å². The highest BCUT2D eigenvalue weighted by Crippen LogP contribution is 2.67. The second-order valence-corrected chi connectivity index (χ2v) is 19.2. The molecule has 1 N–H and O–H groups in total. The van der Waals surface area contributed by atoms with E-state index in [1.54, 1.807) is 21.0 Å². The van der Waals surface area contributed by atoms with Gasteiger partial charge in [0.1, 0.15) is 22.3 Å². The lowest BCUT2D eigenvalue weighted by Gasteiger charge is -2.37. The molecule has 4 rings (SSSR count). The Morgan fingerprint density at radius 2 is 1.95 bits per heavy atom. The largest absolute Gasteiger partial charge is 0.465 e. The quantitative estimate of drug-likeness (QED) is 0.163. The molecule has 3 atom stereocenters. The Labute approximate surface area is 253 Å². The van der Waals surface area contributed by atoms with Crippen LogP contribution in [0.1, 0.15) is 30.2 Å². The standard InChI is InChI=1S/C27H33ClF2N6O4SSi/c1-26(17-9-16(12-33-22(17)30)10-18(29)19-13-32-21(28)14-31-19)20-11-27(20,23(37)35(2)3)41-24(34-26)36(25(38)39)15-40-7-8-42(4,5)6/h9-10,12-14,20H,7-8,11,15H2,1-6H3,(H,38,39)/b18-10-/t20-,26+,27-/m0/s1. The molecule has 10 nitrogen and oxygen atoms in total. The summed E-state index contributed by atoms with van der Waals surface area (Å²) in [5.74, 6) is -2.32. The van der Waals surface area contributed by atoms with Gasteiger partial charge >= 0.3 is 6.09 Å². The molecule has 0 saturated heterocycles. The molecule has 1 fully saturated rings. The van der Waals surface area contributed by atoms with Crippen molar-refractivity contribution in [3.05, 3.63) is 52.6 Å². The van der Waals surface area contributed by atoms with Crippen molar-refractivity contribution in [1.82, 2.24) is 24.8 Å². The van der Waals surface area contributed by atoms with Crippen molar-refractivity contribution < 1.29 is 28.2 Å². The zero-order valence-corrected chi connectivity index (χ0v) is 26.8. The van der Waals surface area contributed by atoms with Gasteiger partial charge in [-0.1, -0.05) is 43.0 Å². The Morgan fingerprint density at radius 1 is 1.24 bits per heavy atom. The summed E-state index contributed by atoms with van der Waals surface area (Å²) >= 11 is 6.79. The third kappa shape index (κ3) is 6.66. The number of nitrogens with zero attached hydrogens (tertiary/aromatic N) is 6. The molecule has 3 heterocycles. The highest BCUT2D eigenvalue weighted by molar-refractivity contribution is 8.16. The van der Waals surface area contributed by atoms with E-state index in [-0.39, 0.29) is 39.8 Å². The van der Waals surface area contributed by atoms with Crippen molar-refractivity contribution in [2.75, 3.05) is 27.4 Å². The Hall–Kier alpha value is -2.94. The minimum absolute atomic E-state index is 0.00691. The first-order valence-electron chi connectivity index (χ1n) is 13.2. The number of rotatable bonds is 9. The summed E-state index contributed by atoms with van der Waals surface area (Å²) in [6.45, 7) is 8.26. The fourth-order valence-corrected chi connectivity index (χ4v) is 7.32. The van der Waals surface area contributed by atoms with E-state index in [1.807, 2.05) is 0 Å². The molecule has 0 unspecified atom stereocenters. The van der Waals surface area contributed by atoms with Gasteiger partial charge in [0.15, 0.2) is 11.0 Å². The van der Waals surface area contributed by atoms with Gasteiger partial charge in [-0.15, -0.1) is 0 Å². The predicted octanol–water partition coefficient (Wildman–Crippen LogP) is 5.59. The molecule has 0 radical (unpaired) electrons. The number of ether oxygens (including phenoxy) is 1. The maximum Gasteiger partial charge on any atom is 0.415 e. The van der Waals surface area contributed by atoms with E-state index in [0.29, 0.717) is 13.0 Å². The minimum atomic E-state index is -1.42. The van der Waals surface area contributed by atoms with Crippen LogP contribution in [0.5, 0.6) is 0 Å². The van der Waals surface area contributed by atoms with Crippen molar-refractivity contribution in [2.45, 2.75) is 49.3 Å². The molecule has 42 heavy (non-hydrogen) atoms. The third-order valence-electron chi connectivity index (χ3n) is 7.20. The molecular formula is C27H33ClF2N6O4SSi. The summed E-state index contributed by atoms with van der Waals surface area (Å²) in [5.41, 5.74) is -1.25. The number of amidine groups is 1. The van der Waals surface area contributed by atoms with Crippen molar-refractivity contribution in [1.29, 1.82) is 0 Å². The lowest BCUT2D eigenvalue weighted by Crippen LogP contribution is -2.47. The van der Waals surface area contributed by atoms with E-state index in [0.717, 1.165) is 35.0 Å². The summed E-state index contributed by atoms with van der Waals surface area (Å²) < 4.78 is 35.1. The number of aliphatic imine (C=N–C) groups is 1. The van der Waals surface area contributed by atoms with Crippen LogP contribution in [-0.4, -0.2) is 87.3 Å². The predicted molar refractivity (Wildman–Crippen MR) is 161 cm³/mol. The van der Waals surface area contributed by atoms with E-state index >= 15 is 4.39 Å². The SMILES string of the molecule is CN(C)C(=O)[C@]12C[C@H]1[C@@](C)(c1cc(/C=C(\F)c3cnc(Cl)cn3)cnc1F)N=C(N(COCC[Si](C)(C)C)C(=O)O)S2. The van der Waals surface area contributed by atoms with Crippen LogP contribution in [0.2, 0.25) is 30.8 Å². The van der Waals surface area contributed by atoms with E-state index < -0.39 is 42.1 Å². The van der Waals surface area contributed by atoms with Crippen LogP contribution < -0.4 is 0 Å². The maximum absolute atomic E-state index is 15.4. The number of pyridine rings is 1. The third-order valence-corrected chi connectivity index (χ3v) is 10.6. The van der Waals surface area contributed by atoms with Crippen LogP contribution in [0.15, 0.2) is 29.6 Å². The summed E-state index contributed by atoms with van der Waals surface area (Å²) in [6.07, 6.45) is 3.67. The highest BCUT2D eigenvalue weighted by Gasteiger charge is 2.71. The maximum atomic E-state index is 15.4. The number of halogens is 3. The summed E-state index contributed by atoms with van der Waals surface area (Å²) in [7, 11) is 1.80. The molecule has 226 valence electrons. The molecule has 2 aromatic rings. The lowest BCUT2D eigenvalue weighted by atomic mass is 9.86. The number of aromatic nitrogens is 3. The molecule has 2 aliphatic rings. The number of hydrogen-bond acceptors (Lipinski definition) is 8. The normalized spacial score (nSPS) is 23.6. The van der Waals surface area contributed by atoms with Crippen LogP contribution in [0.3, 0.4) is 0 Å². The Balaban J connectivity index is 1.75. The number of amides is 2. The highest BCUT2D eigenvalue weighted by atomic mass is 35.5. The molecule has 1 aliphatic heterocycles. The van der Waals surface area contributed by atoms with Crippen LogP contribution in [0, 0.1) is 11.9 Å². The van der Waals surface area contributed by atoms with Crippen LogP contribution in [0.25, 0.3) is 11.9 Å². The molecule has 15 heteroatoms. The van der Waals surface area contributed by atoms with Crippen molar-refractivity contribution in [3.8, 4) is 0 Å². The fraction of sp³-hybridized carbons (Fsp3) is 0.481. The van der Waals surface area contributed by atoms with Gasteiger partial charge in [-0.25, -0.2) is 29.0 Å². The average Bonchev–Trinajstić information content (AvgIpc) is 3.65. The fourth-order valence-electron chi connectivity index (χ4n) is 4.77. The second-order valence-electron chi connectivity index (χ2n) is 11.9. The summed E-state index contributed by atoms with van der Waals surface area (Å²) in [4.78, 5) is 44.5. The number of thioether (sulfide) groups is 1. The van der Waals surface area contributed by atoms with E-state index in [4.69, 9.17) is 21.3 Å². The number of carboxylic acid groups (broad SMARTS) is 1. The Kier molecular flexibility index (Phi) is 9.12. The first-order chi connectivity index (χ1) is 19.6. The molecule has 1 saturated carbocycles. The monoisotopic (exact) mass is 638 g/mol. The number of fused-ring (bicyclic) bond motifs is 1. The molecule has 2 amide bonds. The topological polar surface area (TPSA) is 121 Å². The molecule has 0 bridgehead atoms. The van der Waals surface area contributed by atoms with Gasteiger partial charge < -0.3 is 14.7 Å². The van der Waals surface area contributed by atoms with Crippen LogP contribution in [0.4, 0.5) is 13.6 Å². The lowest BCUT2D eigenvalue weighted by molar-refractivity contribution is -0.129. The van der Waals surface area contributed by atoms with Gasteiger partial charge in [0, 0.05) is 46.5 Å². The molecule has 0 aromatic carbocycles. The smallest absolute Gasteiger partial charge is 0.415 e. The van der Waals surface area contributed by atoms with Crippen molar-refractivity contribution in [2.24, 2.45) is 10.9 Å². The molecule has 1 aliphatic carbocycles. The van der Waals surface area contributed by atoms with Crippen LogP contribution >= 0.6 is 23.4 Å². The summed E-state index contributed by atoms with van der Waals surface area (Å²) in [5, 5.41) is 10.2. The summed E-state index contributed by atoms with van der Waals surface area (Å²) in [6, 6.07) is 2.24. The zero-order valence-electron chi connectivity index (χ0n) is 24.2. The zero-order chi connectivity index (χ0) is 31.0. The van der Waals surface area contributed by atoms with Crippen LogP contribution in [-0.2, 0) is 15.1 Å². The first kappa shape index (κ1) is 32.0. The van der Waals surface area contributed by atoms with Crippen molar-refractivity contribution >= 4 is 60.5 Å².